The molecule has 0 spiro atoms. The number of aliphatic hydroxyl groups is 1. The minimum atomic E-state index is -0.244. The fourth-order valence-electron chi connectivity index (χ4n) is 1.65. The van der Waals surface area contributed by atoms with E-state index in [1.807, 2.05) is 24.3 Å². The van der Waals surface area contributed by atoms with Crippen molar-refractivity contribution in [1.82, 2.24) is 0 Å². The fraction of sp³-hybridized carbons (Fsp3) is 0.143. The Morgan fingerprint density at radius 3 is 2.17 bits per heavy atom. The predicted octanol–water partition coefficient (Wildman–Crippen LogP) is 3.35. The van der Waals surface area contributed by atoms with Gasteiger partial charge in [-0.1, -0.05) is 24.3 Å². The summed E-state index contributed by atoms with van der Waals surface area (Å²) in [6, 6.07) is 13.9. The highest BCUT2D eigenvalue weighted by Gasteiger charge is 2.00. The maximum Gasteiger partial charge on any atom is 0.123 e. The van der Waals surface area contributed by atoms with Gasteiger partial charge >= 0.3 is 0 Å². The minimum absolute atomic E-state index is 0. The molecule has 0 saturated carbocycles. The van der Waals surface area contributed by atoms with Gasteiger partial charge in [0.15, 0.2) is 0 Å². The topological polar surface area (TPSA) is 32.3 Å². The van der Waals surface area contributed by atoms with E-state index in [4.69, 9.17) is 0 Å². The van der Waals surface area contributed by atoms with Gasteiger partial charge in [0.2, 0.25) is 0 Å². The molecule has 18 heavy (non-hydrogen) atoms. The maximum atomic E-state index is 12.7. The molecule has 0 atom stereocenters. The molecule has 0 heterocycles. The van der Waals surface area contributed by atoms with Crippen LogP contribution in [0, 0.1) is 5.82 Å². The largest absolute Gasteiger partial charge is 0.392 e. The van der Waals surface area contributed by atoms with Gasteiger partial charge in [-0.25, -0.2) is 4.39 Å². The van der Waals surface area contributed by atoms with Gasteiger partial charge in [0, 0.05) is 12.2 Å². The molecule has 2 rings (SSSR count). The van der Waals surface area contributed by atoms with Crippen LogP contribution in [0.3, 0.4) is 0 Å². The molecular weight excluding hydrogens is 253 g/mol. The Morgan fingerprint density at radius 2 is 1.56 bits per heavy atom. The Hall–Kier alpha value is -1.58. The van der Waals surface area contributed by atoms with E-state index in [2.05, 4.69) is 5.32 Å². The van der Waals surface area contributed by atoms with Crippen LogP contribution in [0.15, 0.2) is 48.5 Å². The number of benzene rings is 2. The summed E-state index contributed by atoms with van der Waals surface area (Å²) >= 11 is 0. The summed E-state index contributed by atoms with van der Waals surface area (Å²) in [4.78, 5) is 0. The average Bonchev–Trinajstić information content (AvgIpc) is 2.38. The number of halogens is 2. The third-order valence-electron chi connectivity index (χ3n) is 2.62. The molecule has 0 aliphatic heterocycles. The zero-order chi connectivity index (χ0) is 12.1. The summed E-state index contributed by atoms with van der Waals surface area (Å²) < 4.78 is 12.7. The van der Waals surface area contributed by atoms with E-state index in [1.54, 1.807) is 12.1 Å². The molecule has 0 radical (unpaired) electrons. The monoisotopic (exact) mass is 267 g/mol. The molecular formula is C14H15ClFNO. The van der Waals surface area contributed by atoms with Crippen LogP contribution in [-0.2, 0) is 13.2 Å². The number of aliphatic hydroxyl groups excluding tert-OH is 1. The second-order valence-corrected chi connectivity index (χ2v) is 3.79. The summed E-state index contributed by atoms with van der Waals surface area (Å²) in [5.74, 6) is -0.244. The lowest BCUT2D eigenvalue weighted by atomic mass is 10.1. The summed E-state index contributed by atoms with van der Waals surface area (Å²) in [6.07, 6.45) is 0. The zero-order valence-electron chi connectivity index (χ0n) is 9.77. The number of hydrogen-bond acceptors (Lipinski definition) is 2. The molecule has 0 aliphatic rings. The molecule has 0 fully saturated rings. The Labute approximate surface area is 112 Å². The van der Waals surface area contributed by atoms with Crippen LogP contribution in [0.5, 0.6) is 0 Å². The number of nitrogens with one attached hydrogen (secondary N) is 1. The lowest BCUT2D eigenvalue weighted by molar-refractivity contribution is 0.280. The summed E-state index contributed by atoms with van der Waals surface area (Å²) in [7, 11) is 0. The Balaban J connectivity index is 0.00000162. The van der Waals surface area contributed by atoms with Crippen LogP contribution >= 0.6 is 12.4 Å². The SMILES string of the molecule is Cl.OCc1ccccc1CNc1ccc(F)cc1. The van der Waals surface area contributed by atoms with Crippen LogP contribution in [0.2, 0.25) is 0 Å². The van der Waals surface area contributed by atoms with Crippen LogP contribution in [0.25, 0.3) is 0 Å². The molecule has 0 aliphatic carbocycles. The summed E-state index contributed by atoms with van der Waals surface area (Å²) in [6.45, 7) is 0.642. The van der Waals surface area contributed by atoms with Crippen LogP contribution in [0.1, 0.15) is 11.1 Å². The summed E-state index contributed by atoms with van der Waals surface area (Å²) in [5.41, 5.74) is 2.81. The molecule has 0 aromatic heterocycles. The molecule has 2 aromatic rings. The van der Waals surface area contributed by atoms with Crippen LogP contribution in [0.4, 0.5) is 10.1 Å². The summed E-state index contributed by atoms with van der Waals surface area (Å²) in [5, 5.41) is 12.4. The van der Waals surface area contributed by atoms with E-state index >= 15 is 0 Å². The van der Waals surface area contributed by atoms with Crippen LogP contribution < -0.4 is 5.32 Å². The highest BCUT2D eigenvalue weighted by Crippen LogP contribution is 2.13. The molecule has 2 N–H and O–H groups in total. The predicted molar refractivity (Wildman–Crippen MR) is 73.3 cm³/mol. The number of anilines is 1. The molecule has 4 heteroatoms. The van der Waals surface area contributed by atoms with E-state index < -0.39 is 0 Å². The Kier molecular flexibility index (Phi) is 5.62. The minimum Gasteiger partial charge on any atom is -0.392 e. The van der Waals surface area contributed by atoms with Crippen molar-refractivity contribution in [3.05, 3.63) is 65.5 Å². The van der Waals surface area contributed by atoms with Crippen molar-refractivity contribution in [2.45, 2.75) is 13.2 Å². The molecule has 2 aromatic carbocycles. The first kappa shape index (κ1) is 14.5. The first-order valence-corrected chi connectivity index (χ1v) is 5.46. The lowest BCUT2D eigenvalue weighted by Gasteiger charge is -2.09. The van der Waals surface area contributed by atoms with Crippen molar-refractivity contribution in [3.63, 3.8) is 0 Å². The first-order valence-electron chi connectivity index (χ1n) is 5.46. The highest BCUT2D eigenvalue weighted by atomic mass is 35.5. The van der Waals surface area contributed by atoms with Gasteiger partial charge in [-0.3, -0.25) is 0 Å². The molecule has 0 saturated heterocycles. The third-order valence-corrected chi connectivity index (χ3v) is 2.62. The lowest BCUT2D eigenvalue weighted by Crippen LogP contribution is -2.02. The van der Waals surface area contributed by atoms with E-state index in [-0.39, 0.29) is 24.8 Å². The smallest absolute Gasteiger partial charge is 0.123 e. The van der Waals surface area contributed by atoms with Gasteiger partial charge in [0.05, 0.1) is 6.61 Å². The van der Waals surface area contributed by atoms with E-state index in [0.29, 0.717) is 6.54 Å². The van der Waals surface area contributed by atoms with Crippen molar-refractivity contribution in [2.75, 3.05) is 5.32 Å². The standard InChI is InChI=1S/C14H14FNO.ClH/c15-13-5-7-14(8-6-13)16-9-11-3-1-2-4-12(11)10-17;/h1-8,16-17H,9-10H2;1H. The van der Waals surface area contributed by atoms with Crippen LogP contribution in [-0.4, -0.2) is 5.11 Å². The van der Waals surface area contributed by atoms with Gasteiger partial charge in [-0.05, 0) is 35.4 Å². The Morgan fingerprint density at radius 1 is 0.944 bits per heavy atom. The van der Waals surface area contributed by atoms with E-state index in [0.717, 1.165) is 16.8 Å². The van der Waals surface area contributed by atoms with Crippen molar-refractivity contribution >= 4 is 18.1 Å². The maximum absolute atomic E-state index is 12.7. The fourth-order valence-corrected chi connectivity index (χ4v) is 1.65. The van der Waals surface area contributed by atoms with Gasteiger partial charge < -0.3 is 10.4 Å². The van der Waals surface area contributed by atoms with Crippen molar-refractivity contribution in [3.8, 4) is 0 Å². The first-order chi connectivity index (χ1) is 8.29. The Bertz CT molecular complexity index is 487. The van der Waals surface area contributed by atoms with Gasteiger partial charge in [-0.15, -0.1) is 12.4 Å². The van der Waals surface area contributed by atoms with E-state index in [1.165, 1.54) is 12.1 Å². The van der Waals surface area contributed by atoms with Crippen molar-refractivity contribution in [1.29, 1.82) is 0 Å². The molecule has 0 amide bonds. The van der Waals surface area contributed by atoms with E-state index in [9.17, 15) is 9.50 Å². The molecule has 2 nitrogen and oxygen atoms in total. The number of hydrogen-bond donors (Lipinski definition) is 2. The normalized spacial score (nSPS) is 9.67. The average molecular weight is 268 g/mol. The third kappa shape index (κ3) is 3.72. The quantitative estimate of drug-likeness (QED) is 0.890. The van der Waals surface area contributed by atoms with Crippen molar-refractivity contribution < 1.29 is 9.50 Å². The zero-order valence-corrected chi connectivity index (χ0v) is 10.6. The highest BCUT2D eigenvalue weighted by molar-refractivity contribution is 5.85. The molecule has 0 unspecified atom stereocenters. The van der Waals surface area contributed by atoms with Crippen molar-refractivity contribution in [2.24, 2.45) is 0 Å². The number of rotatable bonds is 4. The van der Waals surface area contributed by atoms with Gasteiger partial charge in [0.25, 0.3) is 0 Å². The van der Waals surface area contributed by atoms with Gasteiger partial charge in [0.1, 0.15) is 5.82 Å². The molecule has 96 valence electrons. The van der Waals surface area contributed by atoms with Gasteiger partial charge in [-0.2, -0.15) is 0 Å². The molecule has 0 bridgehead atoms. The second kappa shape index (κ2) is 6.99. The second-order valence-electron chi connectivity index (χ2n) is 3.79.